The van der Waals surface area contributed by atoms with Crippen LogP contribution in [-0.4, -0.2) is 31.3 Å². The number of aryl methyl sites for hydroxylation is 1. The molecule has 1 heterocycles. The van der Waals surface area contributed by atoms with Crippen LogP contribution in [0.3, 0.4) is 0 Å². The minimum Gasteiger partial charge on any atom is -0.457 e. The van der Waals surface area contributed by atoms with Crippen LogP contribution in [0.15, 0.2) is 35.2 Å². The number of esters is 1. The zero-order valence-corrected chi connectivity index (χ0v) is 16.2. The Morgan fingerprint density at radius 3 is 2.33 bits per heavy atom. The molecule has 1 saturated carbocycles. The van der Waals surface area contributed by atoms with E-state index in [2.05, 4.69) is 0 Å². The highest BCUT2D eigenvalue weighted by molar-refractivity contribution is 7.89. The van der Waals surface area contributed by atoms with Crippen LogP contribution in [0.25, 0.3) is 5.69 Å². The number of ketones is 1. The zero-order chi connectivity index (χ0) is 19.9. The van der Waals surface area contributed by atoms with Gasteiger partial charge in [0.05, 0.1) is 10.8 Å². The maximum atomic E-state index is 12.5. The Labute approximate surface area is 158 Å². The van der Waals surface area contributed by atoms with E-state index in [1.807, 2.05) is 18.4 Å². The summed E-state index contributed by atoms with van der Waals surface area (Å²) in [5.74, 6) is -0.332. The van der Waals surface area contributed by atoms with E-state index in [9.17, 15) is 18.0 Å². The average Bonchev–Trinajstić information content (AvgIpc) is 3.26. The molecule has 144 valence electrons. The molecule has 1 fully saturated rings. The van der Waals surface area contributed by atoms with Crippen LogP contribution in [0, 0.1) is 25.7 Å². The first-order valence-corrected chi connectivity index (χ1v) is 10.2. The third kappa shape index (κ3) is 3.96. The van der Waals surface area contributed by atoms with Gasteiger partial charge in [0.2, 0.25) is 15.8 Å². The van der Waals surface area contributed by atoms with Gasteiger partial charge >= 0.3 is 5.97 Å². The number of sulfonamides is 1. The Morgan fingerprint density at radius 1 is 1.22 bits per heavy atom. The first kappa shape index (κ1) is 19.3. The van der Waals surface area contributed by atoms with Gasteiger partial charge in [0, 0.05) is 22.6 Å². The van der Waals surface area contributed by atoms with E-state index in [1.54, 1.807) is 25.1 Å². The van der Waals surface area contributed by atoms with E-state index in [0.29, 0.717) is 22.9 Å². The summed E-state index contributed by atoms with van der Waals surface area (Å²) in [6.07, 6.45) is 0.816. The average molecular weight is 390 g/mol. The van der Waals surface area contributed by atoms with E-state index in [4.69, 9.17) is 9.88 Å². The minimum absolute atomic E-state index is 0.0197. The van der Waals surface area contributed by atoms with Crippen molar-refractivity contribution < 1.29 is 22.7 Å². The number of Topliss-reactive ketones (excluding diaryl/α,β-unsaturated/α-hetero) is 1. The molecule has 2 N–H and O–H groups in total. The van der Waals surface area contributed by atoms with Crippen molar-refractivity contribution in [1.82, 2.24) is 4.57 Å². The molecule has 2 atom stereocenters. The Hall–Kier alpha value is -2.45. The van der Waals surface area contributed by atoms with Crippen molar-refractivity contribution in [2.45, 2.75) is 32.1 Å². The first-order valence-electron chi connectivity index (χ1n) is 8.61. The second-order valence-electron chi connectivity index (χ2n) is 7.01. The zero-order valence-electron chi connectivity index (χ0n) is 15.4. The molecule has 3 rings (SSSR count). The Balaban J connectivity index is 1.80. The second-order valence-corrected chi connectivity index (χ2v) is 8.57. The van der Waals surface area contributed by atoms with Crippen LogP contribution in [0.4, 0.5) is 0 Å². The lowest BCUT2D eigenvalue weighted by atomic mass is 10.1. The molecule has 0 saturated heterocycles. The van der Waals surface area contributed by atoms with Crippen LogP contribution in [-0.2, 0) is 19.6 Å². The predicted molar refractivity (Wildman–Crippen MR) is 99.2 cm³/mol. The van der Waals surface area contributed by atoms with Gasteiger partial charge in [-0.1, -0.05) is 6.92 Å². The summed E-state index contributed by atoms with van der Waals surface area (Å²) in [4.78, 5) is 24.3. The fourth-order valence-electron chi connectivity index (χ4n) is 3.20. The highest BCUT2D eigenvalue weighted by Crippen LogP contribution is 2.38. The van der Waals surface area contributed by atoms with Crippen molar-refractivity contribution in [3.8, 4) is 5.69 Å². The number of aromatic nitrogens is 1. The lowest BCUT2D eigenvalue weighted by Crippen LogP contribution is -2.16. The molecule has 0 spiro atoms. The van der Waals surface area contributed by atoms with Crippen molar-refractivity contribution in [2.24, 2.45) is 17.0 Å². The summed E-state index contributed by atoms with van der Waals surface area (Å²) in [7, 11) is -3.76. The number of hydrogen-bond donors (Lipinski definition) is 1. The van der Waals surface area contributed by atoms with Gasteiger partial charge in [-0.3, -0.25) is 9.59 Å². The number of nitrogens with zero attached hydrogens (tertiary/aromatic N) is 1. The standard InChI is InChI=1S/C19H22N2O5S/c1-11-8-16(11)19(23)26-10-18(22)17-9-12(2)21(13(17)3)14-4-6-15(7-5-14)27(20,24)25/h4-7,9,11,16H,8,10H2,1-3H3,(H2,20,24,25)/t11-,16+/m0/s1. The minimum atomic E-state index is -3.76. The molecule has 1 aliphatic rings. The van der Waals surface area contributed by atoms with Gasteiger partial charge in [-0.05, 0) is 56.5 Å². The highest BCUT2D eigenvalue weighted by atomic mass is 32.2. The lowest BCUT2D eigenvalue weighted by Gasteiger charge is -2.10. The monoisotopic (exact) mass is 390 g/mol. The topological polar surface area (TPSA) is 108 Å². The van der Waals surface area contributed by atoms with Crippen LogP contribution >= 0.6 is 0 Å². The van der Waals surface area contributed by atoms with Crippen LogP contribution in [0.1, 0.15) is 35.1 Å². The molecule has 2 aromatic rings. The fourth-order valence-corrected chi connectivity index (χ4v) is 3.71. The predicted octanol–water partition coefficient (Wildman–Crippen LogP) is 2.12. The smallest absolute Gasteiger partial charge is 0.309 e. The number of carbonyl (C=O) groups excluding carboxylic acids is 2. The van der Waals surface area contributed by atoms with Crippen molar-refractivity contribution in [2.75, 3.05) is 6.61 Å². The number of hydrogen-bond acceptors (Lipinski definition) is 5. The maximum absolute atomic E-state index is 12.5. The summed E-state index contributed by atoms with van der Waals surface area (Å²) < 4.78 is 29.8. The van der Waals surface area contributed by atoms with E-state index in [1.165, 1.54) is 12.1 Å². The van der Waals surface area contributed by atoms with E-state index in [0.717, 1.165) is 12.1 Å². The lowest BCUT2D eigenvalue weighted by molar-refractivity contribution is -0.144. The molecule has 27 heavy (non-hydrogen) atoms. The molecular weight excluding hydrogens is 368 g/mol. The van der Waals surface area contributed by atoms with Gasteiger partial charge in [-0.25, -0.2) is 13.6 Å². The summed E-state index contributed by atoms with van der Waals surface area (Å²) >= 11 is 0. The molecular formula is C19H22N2O5S. The maximum Gasteiger partial charge on any atom is 0.309 e. The Morgan fingerprint density at radius 2 is 1.81 bits per heavy atom. The summed E-state index contributed by atoms with van der Waals surface area (Å²) in [6.45, 7) is 5.33. The van der Waals surface area contributed by atoms with Gasteiger partial charge in [-0.15, -0.1) is 0 Å². The number of benzene rings is 1. The molecule has 0 aliphatic heterocycles. The molecule has 7 nitrogen and oxygen atoms in total. The Bertz CT molecular complexity index is 1010. The van der Waals surface area contributed by atoms with Crippen molar-refractivity contribution in [1.29, 1.82) is 0 Å². The van der Waals surface area contributed by atoms with Crippen LogP contribution in [0.5, 0.6) is 0 Å². The van der Waals surface area contributed by atoms with Gasteiger partial charge in [0.15, 0.2) is 6.61 Å². The number of nitrogens with two attached hydrogens (primary N) is 1. The number of primary sulfonamides is 1. The molecule has 0 radical (unpaired) electrons. The van der Waals surface area contributed by atoms with Gasteiger partial charge in [0.1, 0.15) is 0 Å². The van der Waals surface area contributed by atoms with E-state index >= 15 is 0 Å². The summed E-state index contributed by atoms with van der Waals surface area (Å²) in [5.41, 5.74) is 2.68. The molecule has 0 unspecified atom stereocenters. The molecule has 1 aromatic carbocycles. The summed E-state index contributed by atoms with van der Waals surface area (Å²) in [5, 5.41) is 5.12. The third-order valence-corrected chi connectivity index (χ3v) is 5.84. The fraction of sp³-hybridized carbons (Fsp3) is 0.368. The first-order chi connectivity index (χ1) is 12.6. The molecule has 0 bridgehead atoms. The number of rotatable bonds is 6. The van der Waals surface area contributed by atoms with Gasteiger partial charge in [0.25, 0.3) is 0 Å². The number of carbonyl (C=O) groups is 2. The van der Waals surface area contributed by atoms with Crippen LogP contribution in [0.2, 0.25) is 0 Å². The molecule has 1 aromatic heterocycles. The molecule has 8 heteroatoms. The molecule has 1 aliphatic carbocycles. The van der Waals surface area contributed by atoms with Gasteiger partial charge < -0.3 is 9.30 Å². The third-order valence-electron chi connectivity index (χ3n) is 4.91. The van der Waals surface area contributed by atoms with Crippen LogP contribution < -0.4 is 5.14 Å². The van der Waals surface area contributed by atoms with E-state index in [-0.39, 0.29) is 29.2 Å². The summed E-state index contributed by atoms with van der Waals surface area (Å²) in [6, 6.07) is 7.83. The van der Waals surface area contributed by atoms with Gasteiger partial charge in [-0.2, -0.15) is 0 Å². The number of ether oxygens (including phenoxy) is 1. The Kier molecular flexibility index (Phi) is 4.96. The quantitative estimate of drug-likeness (QED) is 0.600. The van der Waals surface area contributed by atoms with Crippen molar-refractivity contribution in [3.63, 3.8) is 0 Å². The highest BCUT2D eigenvalue weighted by Gasteiger charge is 2.40. The molecule has 0 amide bonds. The SMILES string of the molecule is Cc1cc(C(=O)COC(=O)[C@@H]2C[C@@H]2C)c(C)n1-c1ccc(S(N)(=O)=O)cc1. The second kappa shape index (κ2) is 6.94. The van der Waals surface area contributed by atoms with Crippen molar-refractivity contribution >= 4 is 21.8 Å². The largest absolute Gasteiger partial charge is 0.457 e. The van der Waals surface area contributed by atoms with E-state index < -0.39 is 10.0 Å². The normalized spacial score (nSPS) is 19.0. The van der Waals surface area contributed by atoms with Crippen molar-refractivity contribution in [3.05, 3.63) is 47.3 Å².